The van der Waals surface area contributed by atoms with Crippen molar-refractivity contribution in [3.63, 3.8) is 0 Å². The first-order valence-electron chi connectivity index (χ1n) is 5.90. The van der Waals surface area contributed by atoms with Crippen molar-refractivity contribution >= 4 is 40.6 Å². The molecule has 0 spiro atoms. The van der Waals surface area contributed by atoms with Crippen LogP contribution in [-0.2, 0) is 0 Å². The summed E-state index contributed by atoms with van der Waals surface area (Å²) in [7, 11) is 1.93. The summed E-state index contributed by atoms with van der Waals surface area (Å²) in [6.45, 7) is 5.06. The molecule has 0 fully saturated rings. The number of nitrogens with zero attached hydrogens (tertiary/aromatic N) is 2. The highest BCUT2D eigenvalue weighted by molar-refractivity contribution is 6.42. The summed E-state index contributed by atoms with van der Waals surface area (Å²) in [5, 5.41) is 1.16. The number of hydrogen-bond acceptors (Lipinski definition) is 2. The second-order valence-electron chi connectivity index (χ2n) is 4.02. The number of halogens is 3. The van der Waals surface area contributed by atoms with Crippen molar-refractivity contribution in [1.29, 1.82) is 0 Å². The van der Waals surface area contributed by atoms with Gasteiger partial charge in [-0.25, -0.2) is 4.98 Å². The molecule has 0 saturated carbocycles. The van der Waals surface area contributed by atoms with E-state index in [1.54, 1.807) is 6.07 Å². The Labute approximate surface area is 124 Å². The zero-order valence-electron chi connectivity index (χ0n) is 10.8. The summed E-state index contributed by atoms with van der Waals surface area (Å²) in [4.78, 5) is 6.15. The maximum absolute atomic E-state index is 6.11. The van der Waals surface area contributed by atoms with Crippen LogP contribution in [0.5, 0.6) is 0 Å². The molecule has 1 rings (SSSR count). The van der Waals surface area contributed by atoms with Gasteiger partial charge in [-0.3, -0.25) is 0 Å². The van der Waals surface area contributed by atoms with E-state index in [2.05, 4.69) is 24.9 Å². The van der Waals surface area contributed by atoms with Gasteiger partial charge in [-0.15, -0.1) is 0 Å². The van der Waals surface area contributed by atoms with Gasteiger partial charge in [0.1, 0.15) is 11.0 Å². The summed E-state index contributed by atoms with van der Waals surface area (Å²) < 4.78 is 0. The molecule has 0 saturated heterocycles. The van der Waals surface area contributed by atoms with Crippen LogP contribution in [0.3, 0.4) is 0 Å². The predicted octanol–water partition coefficient (Wildman–Crippen LogP) is 5.22. The third kappa shape index (κ3) is 4.04. The van der Waals surface area contributed by atoms with E-state index < -0.39 is 0 Å². The number of aromatic nitrogens is 1. The van der Waals surface area contributed by atoms with Gasteiger partial charge in [0.25, 0.3) is 0 Å². The Bertz CT molecular complexity index is 438. The van der Waals surface area contributed by atoms with E-state index in [4.69, 9.17) is 34.8 Å². The van der Waals surface area contributed by atoms with Gasteiger partial charge in [-0.2, -0.15) is 0 Å². The van der Waals surface area contributed by atoms with Gasteiger partial charge in [0.2, 0.25) is 0 Å². The lowest BCUT2D eigenvalue weighted by molar-refractivity contribution is 0.929. The lowest BCUT2D eigenvalue weighted by atomic mass is 10.1. The van der Waals surface area contributed by atoms with Gasteiger partial charge in [-0.1, -0.05) is 60.3 Å². The van der Waals surface area contributed by atoms with Crippen molar-refractivity contribution in [2.24, 2.45) is 0 Å². The quantitative estimate of drug-likeness (QED) is 0.547. The van der Waals surface area contributed by atoms with Crippen molar-refractivity contribution in [3.8, 4) is 0 Å². The third-order valence-corrected chi connectivity index (χ3v) is 3.74. The molecule has 0 radical (unpaired) electrons. The van der Waals surface area contributed by atoms with Crippen LogP contribution in [0, 0.1) is 0 Å². The highest BCUT2D eigenvalue weighted by Crippen LogP contribution is 2.30. The average Bonchev–Trinajstić information content (AvgIpc) is 2.34. The van der Waals surface area contributed by atoms with Gasteiger partial charge >= 0.3 is 0 Å². The maximum atomic E-state index is 6.11. The molecule has 0 atom stereocenters. The molecular weight excluding hydrogens is 291 g/mol. The van der Waals surface area contributed by atoms with Gasteiger partial charge in [0.05, 0.1) is 10.0 Å². The summed E-state index contributed by atoms with van der Waals surface area (Å²) in [6.07, 6.45) is 4.32. The average molecular weight is 308 g/mol. The van der Waals surface area contributed by atoms with Crippen LogP contribution in [0.25, 0.3) is 0 Å². The second-order valence-corrected chi connectivity index (χ2v) is 5.19. The molecule has 0 aliphatic heterocycles. The molecule has 2 nitrogen and oxygen atoms in total. The number of anilines is 1. The first-order valence-corrected chi connectivity index (χ1v) is 7.03. The SMILES string of the molecule is CCC(=CCN(C)c1nc(Cl)c(Cl)cc1Cl)CC. The first kappa shape index (κ1) is 15.6. The molecule has 0 aliphatic carbocycles. The van der Waals surface area contributed by atoms with Crippen molar-refractivity contribution in [2.75, 3.05) is 18.5 Å². The zero-order valence-corrected chi connectivity index (χ0v) is 13.1. The molecule has 1 aromatic rings. The fraction of sp³-hybridized carbons (Fsp3) is 0.462. The minimum Gasteiger partial charge on any atom is -0.355 e. The number of pyridine rings is 1. The largest absolute Gasteiger partial charge is 0.355 e. The van der Waals surface area contributed by atoms with Crippen LogP contribution in [0.1, 0.15) is 26.7 Å². The molecule has 0 N–H and O–H groups in total. The topological polar surface area (TPSA) is 16.1 Å². The Morgan fingerprint density at radius 1 is 1.22 bits per heavy atom. The zero-order chi connectivity index (χ0) is 13.7. The Morgan fingerprint density at radius 3 is 2.39 bits per heavy atom. The summed E-state index contributed by atoms with van der Waals surface area (Å²) in [5.74, 6) is 0.647. The molecule has 100 valence electrons. The molecule has 18 heavy (non-hydrogen) atoms. The maximum Gasteiger partial charge on any atom is 0.150 e. The lowest BCUT2D eigenvalue weighted by Gasteiger charge is -2.18. The molecule has 0 aromatic carbocycles. The van der Waals surface area contributed by atoms with Gasteiger partial charge in [0, 0.05) is 13.6 Å². The van der Waals surface area contributed by atoms with E-state index in [1.165, 1.54) is 5.57 Å². The van der Waals surface area contributed by atoms with Crippen LogP contribution < -0.4 is 4.90 Å². The number of hydrogen-bond donors (Lipinski definition) is 0. The van der Waals surface area contributed by atoms with Gasteiger partial charge in [0.15, 0.2) is 0 Å². The Morgan fingerprint density at radius 2 is 1.83 bits per heavy atom. The van der Waals surface area contributed by atoms with Crippen LogP contribution in [0.15, 0.2) is 17.7 Å². The normalized spacial score (nSPS) is 10.3. The second kappa shape index (κ2) is 7.22. The third-order valence-electron chi connectivity index (χ3n) is 2.79. The molecule has 1 aromatic heterocycles. The fourth-order valence-corrected chi connectivity index (χ4v) is 2.23. The monoisotopic (exact) mass is 306 g/mol. The van der Waals surface area contributed by atoms with Crippen LogP contribution in [0.2, 0.25) is 15.2 Å². The molecule has 5 heteroatoms. The first-order chi connectivity index (χ1) is 8.49. The molecular formula is C13H17Cl3N2. The van der Waals surface area contributed by atoms with Crippen LogP contribution in [-0.4, -0.2) is 18.6 Å². The van der Waals surface area contributed by atoms with E-state index in [0.717, 1.165) is 19.4 Å². The van der Waals surface area contributed by atoms with Gasteiger partial charge in [-0.05, 0) is 18.9 Å². The Kier molecular flexibility index (Phi) is 6.27. The highest BCUT2D eigenvalue weighted by Gasteiger charge is 2.11. The minimum atomic E-state index is 0.276. The summed E-state index contributed by atoms with van der Waals surface area (Å²) in [5.41, 5.74) is 1.41. The summed E-state index contributed by atoms with van der Waals surface area (Å²) in [6, 6.07) is 1.62. The lowest BCUT2D eigenvalue weighted by Crippen LogP contribution is -2.19. The molecule has 0 unspecified atom stereocenters. The van der Waals surface area contributed by atoms with Crippen molar-refractivity contribution in [2.45, 2.75) is 26.7 Å². The highest BCUT2D eigenvalue weighted by atomic mass is 35.5. The van der Waals surface area contributed by atoms with Crippen molar-refractivity contribution in [1.82, 2.24) is 4.98 Å². The van der Waals surface area contributed by atoms with Crippen LogP contribution in [0.4, 0.5) is 5.82 Å². The van der Waals surface area contributed by atoms with E-state index in [1.807, 2.05) is 11.9 Å². The number of allylic oxidation sites excluding steroid dienone is 1. The number of rotatable bonds is 5. The van der Waals surface area contributed by atoms with Crippen molar-refractivity contribution < 1.29 is 0 Å². The minimum absolute atomic E-state index is 0.276. The molecule has 0 bridgehead atoms. The summed E-state index contributed by atoms with van der Waals surface area (Å²) >= 11 is 17.9. The van der Waals surface area contributed by atoms with E-state index >= 15 is 0 Å². The number of likely N-dealkylation sites (N-methyl/N-ethyl adjacent to an activating group) is 1. The standard InChI is InChI=1S/C13H17Cl3N2/c1-4-9(5-2)6-7-18(3)13-11(15)8-10(14)12(16)17-13/h6,8H,4-5,7H2,1-3H3. The van der Waals surface area contributed by atoms with E-state index in [-0.39, 0.29) is 5.15 Å². The smallest absolute Gasteiger partial charge is 0.150 e. The molecule has 0 amide bonds. The van der Waals surface area contributed by atoms with Crippen molar-refractivity contribution in [3.05, 3.63) is 32.9 Å². The molecule has 1 heterocycles. The van der Waals surface area contributed by atoms with Gasteiger partial charge < -0.3 is 4.90 Å². The Hall–Kier alpha value is -0.440. The predicted molar refractivity (Wildman–Crippen MR) is 81.2 cm³/mol. The van der Waals surface area contributed by atoms with Crippen LogP contribution >= 0.6 is 34.8 Å². The molecule has 0 aliphatic rings. The Balaban J connectivity index is 2.88. The van der Waals surface area contributed by atoms with E-state index in [0.29, 0.717) is 15.9 Å². The fourth-order valence-electron chi connectivity index (χ4n) is 1.59. The van der Waals surface area contributed by atoms with E-state index in [9.17, 15) is 0 Å².